The third kappa shape index (κ3) is 4.90. The molecular weight excluding hydrogens is 452 g/mol. The van der Waals surface area contributed by atoms with E-state index in [0.717, 1.165) is 28.0 Å². The molecule has 0 spiro atoms. The van der Waals surface area contributed by atoms with E-state index in [0.29, 0.717) is 56.7 Å². The molecule has 4 aromatic rings. The zero-order valence-corrected chi connectivity index (χ0v) is 19.4. The number of hydrogen-bond donors (Lipinski definition) is 0. The van der Waals surface area contributed by atoms with Crippen LogP contribution < -0.4 is 4.90 Å². The fourth-order valence-electron chi connectivity index (χ4n) is 4.12. The molecule has 2 aromatic carbocycles. The Hall–Kier alpha value is -3.42. The summed E-state index contributed by atoms with van der Waals surface area (Å²) >= 11 is 6.48. The van der Waals surface area contributed by atoms with Crippen LogP contribution in [0.5, 0.6) is 0 Å². The van der Waals surface area contributed by atoms with Crippen molar-refractivity contribution < 1.29 is 13.9 Å². The molecule has 1 saturated heterocycles. The number of morpholine rings is 1. The number of anilines is 1. The number of amides is 1. The van der Waals surface area contributed by atoms with Crippen LogP contribution >= 0.6 is 11.6 Å². The molecule has 0 bridgehead atoms. The van der Waals surface area contributed by atoms with Crippen LogP contribution in [0, 0.1) is 0 Å². The molecule has 1 amide bonds. The predicted octanol–water partition coefficient (Wildman–Crippen LogP) is 4.80. The van der Waals surface area contributed by atoms with Crippen molar-refractivity contribution in [2.75, 3.05) is 37.7 Å². The van der Waals surface area contributed by atoms with Crippen molar-refractivity contribution >= 4 is 34.2 Å². The molecule has 8 heteroatoms. The maximum atomic E-state index is 12.9. The summed E-state index contributed by atoms with van der Waals surface area (Å²) in [7, 11) is 0. The SMILES string of the molecule is O=C(CCN(Cc1ccco1)c1nc(-c2ccccc2Cl)nc2ccccc12)N1CCOCC1. The van der Waals surface area contributed by atoms with Crippen molar-refractivity contribution in [1.82, 2.24) is 14.9 Å². The van der Waals surface area contributed by atoms with Crippen LogP contribution in [-0.2, 0) is 16.1 Å². The third-order valence-corrected chi connectivity index (χ3v) is 6.21. The highest BCUT2D eigenvalue weighted by Gasteiger charge is 2.21. The first kappa shape index (κ1) is 22.4. The van der Waals surface area contributed by atoms with Gasteiger partial charge in [0, 0.05) is 37.0 Å². The lowest BCUT2D eigenvalue weighted by atomic mass is 10.1. The van der Waals surface area contributed by atoms with Gasteiger partial charge in [-0.3, -0.25) is 4.79 Å². The number of halogens is 1. The van der Waals surface area contributed by atoms with Crippen LogP contribution in [0.2, 0.25) is 5.02 Å². The van der Waals surface area contributed by atoms with Gasteiger partial charge in [-0.05, 0) is 36.4 Å². The molecule has 3 heterocycles. The Morgan fingerprint density at radius 2 is 1.79 bits per heavy atom. The minimum atomic E-state index is 0.109. The molecule has 174 valence electrons. The molecule has 1 aliphatic heterocycles. The van der Waals surface area contributed by atoms with Gasteiger partial charge in [-0.2, -0.15) is 0 Å². The van der Waals surface area contributed by atoms with Crippen molar-refractivity contribution in [3.05, 3.63) is 77.7 Å². The summed E-state index contributed by atoms with van der Waals surface area (Å²) in [6, 6.07) is 19.2. The number of para-hydroxylation sites is 1. The Labute approximate surface area is 202 Å². The lowest BCUT2D eigenvalue weighted by Gasteiger charge is -2.29. The Morgan fingerprint density at radius 3 is 2.59 bits per heavy atom. The number of fused-ring (bicyclic) bond motifs is 1. The quantitative estimate of drug-likeness (QED) is 0.381. The van der Waals surface area contributed by atoms with Crippen LogP contribution in [0.4, 0.5) is 5.82 Å². The topological polar surface area (TPSA) is 71.7 Å². The first-order valence-corrected chi connectivity index (χ1v) is 11.7. The van der Waals surface area contributed by atoms with Crippen LogP contribution in [0.25, 0.3) is 22.3 Å². The predicted molar refractivity (Wildman–Crippen MR) is 132 cm³/mol. The number of ether oxygens (including phenoxy) is 1. The molecule has 0 N–H and O–H groups in total. The smallest absolute Gasteiger partial charge is 0.224 e. The van der Waals surface area contributed by atoms with Gasteiger partial charge in [0.1, 0.15) is 11.6 Å². The van der Waals surface area contributed by atoms with Gasteiger partial charge >= 0.3 is 0 Å². The lowest BCUT2D eigenvalue weighted by Crippen LogP contribution is -2.42. The van der Waals surface area contributed by atoms with Gasteiger partial charge in [-0.15, -0.1) is 0 Å². The second-order valence-electron chi connectivity index (χ2n) is 8.11. The molecule has 34 heavy (non-hydrogen) atoms. The zero-order valence-electron chi connectivity index (χ0n) is 18.7. The highest BCUT2D eigenvalue weighted by molar-refractivity contribution is 6.33. The van der Waals surface area contributed by atoms with Crippen molar-refractivity contribution in [1.29, 1.82) is 0 Å². The van der Waals surface area contributed by atoms with E-state index < -0.39 is 0 Å². The van der Waals surface area contributed by atoms with Crippen LogP contribution in [-0.4, -0.2) is 53.6 Å². The summed E-state index contributed by atoms with van der Waals surface area (Å²) in [5, 5.41) is 1.49. The van der Waals surface area contributed by atoms with E-state index >= 15 is 0 Å². The normalized spacial score (nSPS) is 13.9. The maximum Gasteiger partial charge on any atom is 0.224 e. The molecule has 5 rings (SSSR count). The summed E-state index contributed by atoms with van der Waals surface area (Å²) in [4.78, 5) is 26.6. The fourth-order valence-corrected chi connectivity index (χ4v) is 4.34. The van der Waals surface area contributed by atoms with Gasteiger partial charge in [0.15, 0.2) is 5.82 Å². The first-order chi connectivity index (χ1) is 16.7. The van der Waals surface area contributed by atoms with E-state index in [1.54, 1.807) is 6.26 Å². The van der Waals surface area contributed by atoms with Crippen molar-refractivity contribution in [3.63, 3.8) is 0 Å². The molecule has 0 aliphatic carbocycles. The average Bonchev–Trinajstić information content (AvgIpc) is 3.40. The molecule has 0 radical (unpaired) electrons. The van der Waals surface area contributed by atoms with Gasteiger partial charge in [0.05, 0.1) is 36.6 Å². The number of aromatic nitrogens is 2. The second kappa shape index (κ2) is 10.2. The van der Waals surface area contributed by atoms with Crippen LogP contribution in [0.1, 0.15) is 12.2 Å². The Morgan fingerprint density at radius 1 is 1.00 bits per heavy atom. The molecule has 0 unspecified atom stereocenters. The Bertz CT molecular complexity index is 1270. The number of carbonyl (C=O) groups is 1. The molecule has 1 fully saturated rings. The molecule has 2 aromatic heterocycles. The lowest BCUT2D eigenvalue weighted by molar-refractivity contribution is -0.135. The second-order valence-corrected chi connectivity index (χ2v) is 8.52. The highest BCUT2D eigenvalue weighted by Crippen LogP contribution is 2.31. The van der Waals surface area contributed by atoms with E-state index in [9.17, 15) is 4.79 Å². The number of nitrogens with zero attached hydrogens (tertiary/aromatic N) is 4. The van der Waals surface area contributed by atoms with Crippen LogP contribution in [0.15, 0.2) is 71.3 Å². The maximum absolute atomic E-state index is 12.9. The van der Waals surface area contributed by atoms with E-state index in [1.807, 2.05) is 65.6 Å². The number of carbonyl (C=O) groups excluding carboxylic acids is 1. The monoisotopic (exact) mass is 476 g/mol. The van der Waals surface area contributed by atoms with Gasteiger partial charge in [-0.25, -0.2) is 9.97 Å². The third-order valence-electron chi connectivity index (χ3n) is 5.88. The highest BCUT2D eigenvalue weighted by atomic mass is 35.5. The van der Waals surface area contributed by atoms with Crippen molar-refractivity contribution in [3.8, 4) is 11.4 Å². The summed E-state index contributed by atoms with van der Waals surface area (Å²) in [5.74, 6) is 2.19. The first-order valence-electron chi connectivity index (χ1n) is 11.3. The van der Waals surface area contributed by atoms with E-state index in [4.69, 9.17) is 30.7 Å². The number of furan rings is 1. The average molecular weight is 477 g/mol. The van der Waals surface area contributed by atoms with E-state index in [1.165, 1.54) is 0 Å². The summed E-state index contributed by atoms with van der Waals surface area (Å²) in [6.07, 6.45) is 2.01. The molecule has 7 nitrogen and oxygen atoms in total. The van der Waals surface area contributed by atoms with Crippen LogP contribution in [0.3, 0.4) is 0 Å². The number of rotatable bonds is 7. The van der Waals surface area contributed by atoms with Gasteiger partial charge in [-0.1, -0.05) is 35.9 Å². The molecule has 0 saturated carbocycles. The largest absolute Gasteiger partial charge is 0.467 e. The zero-order chi connectivity index (χ0) is 23.3. The van der Waals surface area contributed by atoms with E-state index in [2.05, 4.69) is 4.90 Å². The fraction of sp³-hybridized carbons (Fsp3) is 0.269. The number of benzene rings is 2. The van der Waals surface area contributed by atoms with Crippen molar-refractivity contribution in [2.45, 2.75) is 13.0 Å². The van der Waals surface area contributed by atoms with Gasteiger partial charge < -0.3 is 19.0 Å². The summed E-state index contributed by atoms with van der Waals surface area (Å²) < 4.78 is 11.0. The summed E-state index contributed by atoms with van der Waals surface area (Å²) in [5.41, 5.74) is 1.57. The van der Waals surface area contributed by atoms with Gasteiger partial charge in [0.2, 0.25) is 5.91 Å². The Balaban J connectivity index is 1.52. The molecule has 1 aliphatic rings. The standard InChI is InChI=1S/C26H25ClN4O3/c27-22-9-3-1-7-20(22)25-28-23-10-4-2-8-21(23)26(29-25)31(18-19-6-5-15-34-19)12-11-24(32)30-13-16-33-17-14-30/h1-10,15H,11-14,16-18H2. The number of hydrogen-bond acceptors (Lipinski definition) is 6. The molecule has 0 atom stereocenters. The van der Waals surface area contributed by atoms with Gasteiger partial charge in [0.25, 0.3) is 0 Å². The van der Waals surface area contributed by atoms with Crippen molar-refractivity contribution in [2.24, 2.45) is 0 Å². The molecular formula is C26H25ClN4O3. The summed E-state index contributed by atoms with van der Waals surface area (Å²) in [6.45, 7) is 3.39. The minimum Gasteiger partial charge on any atom is -0.467 e. The van der Waals surface area contributed by atoms with E-state index in [-0.39, 0.29) is 5.91 Å². The minimum absolute atomic E-state index is 0.109. The Kier molecular flexibility index (Phi) is 6.74.